The number of nitrogens with one attached hydrogen (secondary N) is 1. The molecule has 3 aromatic rings. The number of nitrogens with zero attached hydrogens (tertiary/aromatic N) is 4. The molecule has 0 atom stereocenters. The zero-order chi connectivity index (χ0) is 17.8. The number of aliphatic imine (C=N–C) groups is 1. The monoisotopic (exact) mass is 351 g/mol. The molecule has 1 N–H and O–H groups in total. The normalized spacial score (nSPS) is 11.8. The summed E-state index contributed by atoms with van der Waals surface area (Å²) >= 11 is 1.62. The Labute approximate surface area is 151 Å². The second-order valence-corrected chi connectivity index (χ2v) is 7.08. The summed E-state index contributed by atoms with van der Waals surface area (Å²) in [4.78, 5) is 18.9. The Bertz CT molecular complexity index is 898. The molecule has 0 spiro atoms. The highest BCUT2D eigenvalue weighted by atomic mass is 32.1. The summed E-state index contributed by atoms with van der Waals surface area (Å²) in [5.41, 5.74) is 3.07. The summed E-state index contributed by atoms with van der Waals surface area (Å²) in [6.07, 6.45) is 3.65. The van der Waals surface area contributed by atoms with Crippen molar-refractivity contribution >= 4 is 28.7 Å². The maximum atomic E-state index is 4.69. The minimum absolute atomic E-state index is 0.345. The third-order valence-corrected chi connectivity index (χ3v) is 4.73. The molecule has 0 aliphatic carbocycles. The summed E-state index contributed by atoms with van der Waals surface area (Å²) in [6, 6.07) is 9.87. The summed E-state index contributed by atoms with van der Waals surface area (Å²) < 4.78 is 0. The summed E-state index contributed by atoms with van der Waals surface area (Å²) in [6.45, 7) is 6.29. The van der Waals surface area contributed by atoms with Crippen molar-refractivity contribution in [1.29, 1.82) is 0 Å². The van der Waals surface area contributed by atoms with Crippen LogP contribution in [0.3, 0.4) is 0 Å². The largest absolute Gasteiger partial charge is 0.325 e. The molecule has 0 aliphatic rings. The van der Waals surface area contributed by atoms with Crippen LogP contribution in [-0.4, -0.2) is 27.7 Å². The standard InChI is InChI=1S/C19H21N5S/c1-12(2)18(20-4)19-22-11-15(25-19)14-6-5-7-16(23-14)24-17-10-13(3)8-9-21-17/h5-12H,1-4H3,(H,21,23,24). The van der Waals surface area contributed by atoms with Crippen LogP contribution in [0, 0.1) is 12.8 Å². The van der Waals surface area contributed by atoms with Crippen molar-refractivity contribution in [2.75, 3.05) is 12.4 Å². The van der Waals surface area contributed by atoms with E-state index in [-0.39, 0.29) is 0 Å². The quantitative estimate of drug-likeness (QED) is 0.675. The Kier molecular flexibility index (Phi) is 5.19. The number of anilines is 2. The van der Waals surface area contributed by atoms with E-state index >= 15 is 0 Å². The van der Waals surface area contributed by atoms with Crippen LogP contribution in [0.25, 0.3) is 10.6 Å². The molecule has 0 bridgehead atoms. The lowest BCUT2D eigenvalue weighted by atomic mass is 10.1. The molecule has 128 valence electrons. The first-order valence-corrected chi connectivity index (χ1v) is 8.98. The molecule has 0 aliphatic heterocycles. The minimum atomic E-state index is 0.345. The van der Waals surface area contributed by atoms with Gasteiger partial charge in [-0.3, -0.25) is 4.99 Å². The number of aryl methyl sites for hydroxylation is 1. The fraction of sp³-hybridized carbons (Fsp3) is 0.263. The molecule has 5 nitrogen and oxygen atoms in total. The Balaban J connectivity index is 1.86. The van der Waals surface area contributed by atoms with Crippen LogP contribution in [0.5, 0.6) is 0 Å². The molecule has 0 saturated carbocycles. The highest BCUT2D eigenvalue weighted by Gasteiger charge is 2.14. The van der Waals surface area contributed by atoms with Gasteiger partial charge in [0.15, 0.2) is 0 Å². The van der Waals surface area contributed by atoms with Crippen molar-refractivity contribution in [1.82, 2.24) is 15.0 Å². The van der Waals surface area contributed by atoms with Gasteiger partial charge >= 0.3 is 0 Å². The van der Waals surface area contributed by atoms with Gasteiger partial charge in [0.1, 0.15) is 16.6 Å². The summed E-state index contributed by atoms with van der Waals surface area (Å²) in [5, 5.41) is 4.20. The number of rotatable bonds is 5. The lowest BCUT2D eigenvalue weighted by Gasteiger charge is -2.06. The molecule has 3 rings (SSSR count). The van der Waals surface area contributed by atoms with E-state index in [1.807, 2.05) is 50.5 Å². The average Bonchev–Trinajstić information content (AvgIpc) is 3.05. The van der Waals surface area contributed by atoms with E-state index < -0.39 is 0 Å². The van der Waals surface area contributed by atoms with Gasteiger partial charge in [0.05, 0.1) is 16.3 Å². The molecule has 0 amide bonds. The maximum Gasteiger partial charge on any atom is 0.138 e. The third kappa shape index (κ3) is 4.09. The van der Waals surface area contributed by atoms with Crippen molar-refractivity contribution in [2.45, 2.75) is 20.8 Å². The van der Waals surface area contributed by atoms with Gasteiger partial charge < -0.3 is 5.32 Å². The van der Waals surface area contributed by atoms with Crippen LogP contribution < -0.4 is 5.32 Å². The molecular weight excluding hydrogens is 330 g/mol. The highest BCUT2D eigenvalue weighted by Crippen LogP contribution is 2.27. The van der Waals surface area contributed by atoms with Gasteiger partial charge in [0.25, 0.3) is 0 Å². The number of hydrogen-bond donors (Lipinski definition) is 1. The first kappa shape index (κ1) is 17.2. The van der Waals surface area contributed by atoms with E-state index in [1.54, 1.807) is 17.5 Å². The first-order chi connectivity index (χ1) is 12.1. The van der Waals surface area contributed by atoms with Crippen LogP contribution >= 0.6 is 11.3 Å². The van der Waals surface area contributed by atoms with E-state index in [1.165, 1.54) is 0 Å². The second kappa shape index (κ2) is 7.53. The fourth-order valence-electron chi connectivity index (χ4n) is 2.49. The number of aromatic nitrogens is 3. The highest BCUT2D eigenvalue weighted by molar-refractivity contribution is 7.17. The molecule has 0 unspecified atom stereocenters. The second-order valence-electron chi connectivity index (χ2n) is 6.04. The molecule has 3 aromatic heterocycles. The van der Waals surface area contributed by atoms with Crippen LogP contribution in [-0.2, 0) is 0 Å². The van der Waals surface area contributed by atoms with E-state index in [9.17, 15) is 0 Å². The molecule has 0 fully saturated rings. The van der Waals surface area contributed by atoms with Crippen molar-refractivity contribution < 1.29 is 0 Å². The Morgan fingerprint density at radius 1 is 1.16 bits per heavy atom. The van der Waals surface area contributed by atoms with Gasteiger partial charge in [-0.2, -0.15) is 0 Å². The lowest BCUT2D eigenvalue weighted by Crippen LogP contribution is -2.08. The third-order valence-electron chi connectivity index (χ3n) is 3.69. The predicted octanol–water partition coefficient (Wildman–Crippen LogP) is 4.73. The molecule has 3 heterocycles. The topological polar surface area (TPSA) is 63.1 Å². The molecular formula is C19H21N5S. The number of thiazole rings is 1. The van der Waals surface area contributed by atoms with Gasteiger partial charge in [-0.25, -0.2) is 15.0 Å². The predicted molar refractivity (Wildman–Crippen MR) is 105 cm³/mol. The average molecular weight is 351 g/mol. The Morgan fingerprint density at radius 3 is 2.72 bits per heavy atom. The molecule has 25 heavy (non-hydrogen) atoms. The number of hydrogen-bond acceptors (Lipinski definition) is 6. The number of pyridine rings is 2. The molecule has 0 saturated heterocycles. The summed E-state index contributed by atoms with van der Waals surface area (Å²) in [5.74, 6) is 1.89. The van der Waals surface area contributed by atoms with Gasteiger partial charge in [-0.15, -0.1) is 11.3 Å². The van der Waals surface area contributed by atoms with Crippen LogP contribution in [0.15, 0.2) is 47.7 Å². The van der Waals surface area contributed by atoms with Crippen molar-refractivity contribution in [3.05, 3.63) is 53.3 Å². The lowest BCUT2D eigenvalue weighted by molar-refractivity contribution is 0.880. The van der Waals surface area contributed by atoms with E-state index in [2.05, 4.69) is 34.1 Å². The van der Waals surface area contributed by atoms with Crippen molar-refractivity contribution in [2.24, 2.45) is 10.9 Å². The van der Waals surface area contributed by atoms with Crippen LogP contribution in [0.1, 0.15) is 24.4 Å². The molecule has 0 radical (unpaired) electrons. The zero-order valence-electron chi connectivity index (χ0n) is 14.8. The van der Waals surface area contributed by atoms with E-state index in [0.29, 0.717) is 5.92 Å². The van der Waals surface area contributed by atoms with Gasteiger partial charge in [-0.05, 0) is 42.7 Å². The first-order valence-electron chi connectivity index (χ1n) is 8.17. The minimum Gasteiger partial charge on any atom is -0.325 e. The van der Waals surface area contributed by atoms with E-state index in [0.717, 1.165) is 38.5 Å². The fourth-order valence-corrected chi connectivity index (χ4v) is 3.56. The SMILES string of the molecule is CN=C(c1ncc(-c2cccc(Nc3cc(C)ccn3)n2)s1)C(C)C. The van der Waals surface area contributed by atoms with Crippen LogP contribution in [0.4, 0.5) is 11.6 Å². The Hall–Kier alpha value is -2.60. The molecule has 6 heteroatoms. The van der Waals surface area contributed by atoms with E-state index in [4.69, 9.17) is 4.98 Å². The zero-order valence-corrected chi connectivity index (χ0v) is 15.6. The van der Waals surface area contributed by atoms with Gasteiger partial charge in [0.2, 0.25) is 0 Å². The van der Waals surface area contributed by atoms with Crippen molar-refractivity contribution in [3.63, 3.8) is 0 Å². The van der Waals surface area contributed by atoms with Gasteiger partial charge in [0, 0.05) is 19.4 Å². The maximum absolute atomic E-state index is 4.69. The summed E-state index contributed by atoms with van der Waals surface area (Å²) in [7, 11) is 1.81. The van der Waals surface area contributed by atoms with Gasteiger partial charge in [-0.1, -0.05) is 19.9 Å². The van der Waals surface area contributed by atoms with Crippen molar-refractivity contribution in [3.8, 4) is 10.6 Å². The molecule has 0 aromatic carbocycles. The Morgan fingerprint density at radius 2 is 2.00 bits per heavy atom. The van der Waals surface area contributed by atoms with Crippen LogP contribution in [0.2, 0.25) is 0 Å². The smallest absolute Gasteiger partial charge is 0.138 e.